The van der Waals surface area contributed by atoms with Gasteiger partial charge >= 0.3 is 6.61 Å². The average Bonchev–Trinajstić information content (AvgIpc) is 3.48. The second-order valence-corrected chi connectivity index (χ2v) is 8.73. The predicted molar refractivity (Wildman–Crippen MR) is 120 cm³/mol. The van der Waals surface area contributed by atoms with Gasteiger partial charge in [-0.1, -0.05) is 0 Å². The minimum Gasteiger partial charge on any atom is -0.435 e. The molecule has 1 unspecified atom stereocenters. The number of likely N-dealkylation sites (tertiary alicyclic amines) is 1. The zero-order chi connectivity index (χ0) is 22.9. The number of fused-ring (bicyclic) bond motifs is 1. The van der Waals surface area contributed by atoms with Crippen molar-refractivity contribution < 1.29 is 18.3 Å². The molecule has 0 bridgehead atoms. The molecule has 1 atom stereocenters. The van der Waals surface area contributed by atoms with Crippen molar-refractivity contribution in [3.8, 4) is 5.75 Å². The van der Waals surface area contributed by atoms with Crippen LogP contribution in [0.15, 0.2) is 36.5 Å². The van der Waals surface area contributed by atoms with E-state index in [0.29, 0.717) is 12.1 Å². The lowest BCUT2D eigenvalue weighted by Gasteiger charge is -2.34. The van der Waals surface area contributed by atoms with E-state index in [9.17, 15) is 13.6 Å². The molecule has 0 spiro atoms. The number of nitrogens with zero attached hydrogens (tertiary/aromatic N) is 5. The van der Waals surface area contributed by atoms with Crippen LogP contribution < -0.4 is 9.64 Å². The Bertz CT molecular complexity index is 1140. The quantitative estimate of drug-likeness (QED) is 0.562. The zero-order valence-corrected chi connectivity index (χ0v) is 18.6. The molecule has 4 heterocycles. The van der Waals surface area contributed by atoms with Crippen LogP contribution in [-0.2, 0) is 0 Å². The smallest absolute Gasteiger partial charge is 0.387 e. The monoisotopic (exact) mass is 455 g/mol. The molecule has 0 N–H and O–H groups in total. The Morgan fingerprint density at radius 1 is 1.09 bits per heavy atom. The Labute approximate surface area is 191 Å². The number of piperidine rings is 1. The molecule has 1 amide bonds. The van der Waals surface area contributed by atoms with Crippen molar-refractivity contribution in [2.45, 2.75) is 51.7 Å². The van der Waals surface area contributed by atoms with Crippen LogP contribution in [0.3, 0.4) is 0 Å². The van der Waals surface area contributed by atoms with Gasteiger partial charge in [-0.3, -0.25) is 4.79 Å². The van der Waals surface area contributed by atoms with Crippen molar-refractivity contribution in [1.82, 2.24) is 19.5 Å². The standard InChI is InChI=1S/C24H27F2N5O2/c1-16-15-31-21(27-22(16)29-11-4-5-12-29)14-19(28-31)20-6-2-3-13-30(20)23(32)17-7-9-18(10-8-17)33-24(25)26/h7-10,14-15,20,24H,2-6,11-13H2,1H3. The fourth-order valence-electron chi connectivity index (χ4n) is 4.86. The summed E-state index contributed by atoms with van der Waals surface area (Å²) in [5.41, 5.74) is 3.13. The van der Waals surface area contributed by atoms with Crippen LogP contribution in [0, 0.1) is 6.92 Å². The Morgan fingerprint density at radius 2 is 1.82 bits per heavy atom. The number of aryl methyl sites for hydroxylation is 1. The van der Waals surface area contributed by atoms with Crippen LogP contribution in [0.5, 0.6) is 5.75 Å². The highest BCUT2D eigenvalue weighted by molar-refractivity contribution is 5.94. The Balaban J connectivity index is 1.41. The molecule has 1 aromatic carbocycles. The summed E-state index contributed by atoms with van der Waals surface area (Å²) in [5.74, 6) is 0.906. The van der Waals surface area contributed by atoms with E-state index < -0.39 is 6.61 Å². The molecule has 7 nitrogen and oxygen atoms in total. The van der Waals surface area contributed by atoms with Crippen molar-refractivity contribution in [2.24, 2.45) is 0 Å². The van der Waals surface area contributed by atoms with Gasteiger partial charge in [-0.15, -0.1) is 0 Å². The lowest BCUT2D eigenvalue weighted by Crippen LogP contribution is -2.38. The molecule has 0 saturated carbocycles. The Morgan fingerprint density at radius 3 is 2.55 bits per heavy atom. The van der Waals surface area contributed by atoms with Gasteiger partial charge in [0.25, 0.3) is 5.91 Å². The molecule has 9 heteroatoms. The fraction of sp³-hybridized carbons (Fsp3) is 0.458. The molecule has 5 rings (SSSR count). The minimum absolute atomic E-state index is 0.0346. The third-order valence-corrected chi connectivity index (χ3v) is 6.46. The van der Waals surface area contributed by atoms with Crippen molar-refractivity contribution in [3.63, 3.8) is 0 Å². The van der Waals surface area contributed by atoms with Crippen molar-refractivity contribution in [1.29, 1.82) is 0 Å². The molecular weight excluding hydrogens is 428 g/mol. The van der Waals surface area contributed by atoms with Gasteiger partial charge in [-0.2, -0.15) is 13.9 Å². The summed E-state index contributed by atoms with van der Waals surface area (Å²) in [7, 11) is 0. The average molecular weight is 456 g/mol. The summed E-state index contributed by atoms with van der Waals surface area (Å²) >= 11 is 0. The highest BCUT2D eigenvalue weighted by Crippen LogP contribution is 2.33. The van der Waals surface area contributed by atoms with Crippen LogP contribution in [0.2, 0.25) is 0 Å². The lowest BCUT2D eigenvalue weighted by atomic mass is 9.98. The first-order chi connectivity index (χ1) is 16.0. The number of halogens is 2. The predicted octanol–water partition coefficient (Wildman–Crippen LogP) is 4.61. The van der Waals surface area contributed by atoms with Gasteiger partial charge in [0.15, 0.2) is 5.65 Å². The molecule has 0 radical (unpaired) electrons. The lowest BCUT2D eigenvalue weighted by molar-refractivity contribution is -0.0498. The maximum Gasteiger partial charge on any atom is 0.387 e. The summed E-state index contributed by atoms with van der Waals surface area (Å²) in [4.78, 5) is 22.3. The third kappa shape index (κ3) is 4.36. The van der Waals surface area contributed by atoms with Crippen LogP contribution >= 0.6 is 0 Å². The van der Waals surface area contributed by atoms with E-state index >= 15 is 0 Å². The first-order valence-corrected chi connectivity index (χ1v) is 11.5. The van der Waals surface area contributed by atoms with Crippen molar-refractivity contribution in [3.05, 3.63) is 53.3 Å². The summed E-state index contributed by atoms with van der Waals surface area (Å²) < 4.78 is 31.0. The number of carbonyl (C=O) groups excluding carboxylic acids is 1. The molecular formula is C24H27F2N5O2. The van der Waals surface area contributed by atoms with E-state index in [1.54, 1.807) is 4.52 Å². The largest absolute Gasteiger partial charge is 0.435 e. The highest BCUT2D eigenvalue weighted by atomic mass is 19.3. The first-order valence-electron chi connectivity index (χ1n) is 11.5. The SMILES string of the molecule is Cc1cn2nc(C3CCCCN3C(=O)c3ccc(OC(F)F)cc3)cc2nc1N1CCCC1. The number of rotatable bonds is 5. The topological polar surface area (TPSA) is 63.0 Å². The molecule has 0 aliphatic carbocycles. The van der Waals surface area contributed by atoms with Crippen LogP contribution in [0.1, 0.15) is 59.8 Å². The van der Waals surface area contributed by atoms with E-state index in [1.807, 2.05) is 17.2 Å². The number of amides is 1. The van der Waals surface area contributed by atoms with Crippen LogP contribution in [0.25, 0.3) is 5.65 Å². The van der Waals surface area contributed by atoms with Crippen LogP contribution in [0.4, 0.5) is 14.6 Å². The molecule has 33 heavy (non-hydrogen) atoms. The summed E-state index contributed by atoms with van der Waals surface area (Å²) in [6, 6.07) is 7.69. The van der Waals surface area contributed by atoms with E-state index in [1.165, 1.54) is 37.1 Å². The van der Waals surface area contributed by atoms with E-state index in [-0.39, 0.29) is 17.7 Å². The van der Waals surface area contributed by atoms with Crippen molar-refractivity contribution >= 4 is 17.4 Å². The number of benzene rings is 1. The van der Waals surface area contributed by atoms with Gasteiger partial charge in [0, 0.05) is 43.0 Å². The van der Waals surface area contributed by atoms with E-state index in [0.717, 1.165) is 55.1 Å². The second kappa shape index (κ2) is 8.96. The number of hydrogen-bond acceptors (Lipinski definition) is 5. The molecule has 2 fully saturated rings. The first kappa shape index (κ1) is 21.6. The Kier molecular flexibility index (Phi) is 5.86. The number of carbonyl (C=O) groups is 1. The van der Waals surface area contributed by atoms with Crippen molar-refractivity contribution in [2.75, 3.05) is 24.5 Å². The fourth-order valence-corrected chi connectivity index (χ4v) is 4.86. The molecule has 2 aromatic heterocycles. The van der Waals surface area contributed by atoms with Gasteiger partial charge in [-0.05, 0) is 63.3 Å². The minimum atomic E-state index is -2.89. The number of alkyl halides is 2. The molecule has 174 valence electrons. The molecule has 2 aliphatic heterocycles. The van der Waals surface area contributed by atoms with Crippen LogP contribution in [-0.4, -0.2) is 51.7 Å². The van der Waals surface area contributed by atoms with E-state index in [2.05, 4.69) is 16.6 Å². The third-order valence-electron chi connectivity index (χ3n) is 6.46. The van der Waals surface area contributed by atoms with Gasteiger partial charge in [0.2, 0.25) is 0 Å². The summed E-state index contributed by atoms with van der Waals surface area (Å²) in [5, 5.41) is 4.78. The van der Waals surface area contributed by atoms with E-state index in [4.69, 9.17) is 10.1 Å². The van der Waals surface area contributed by atoms with Gasteiger partial charge in [0.1, 0.15) is 11.6 Å². The maximum atomic E-state index is 13.3. The number of hydrogen-bond donors (Lipinski definition) is 0. The molecule has 2 saturated heterocycles. The summed E-state index contributed by atoms with van der Waals surface area (Å²) in [6.45, 7) is 1.84. The Hall–Kier alpha value is -3.23. The highest BCUT2D eigenvalue weighted by Gasteiger charge is 2.31. The van der Waals surface area contributed by atoms with Gasteiger partial charge in [0.05, 0.1) is 11.7 Å². The zero-order valence-electron chi connectivity index (χ0n) is 18.6. The van der Waals surface area contributed by atoms with Gasteiger partial charge < -0.3 is 14.5 Å². The number of anilines is 1. The second-order valence-electron chi connectivity index (χ2n) is 8.73. The number of ether oxygens (including phenoxy) is 1. The number of aromatic nitrogens is 3. The normalized spacial score (nSPS) is 19.0. The molecule has 2 aliphatic rings. The maximum absolute atomic E-state index is 13.3. The van der Waals surface area contributed by atoms with Gasteiger partial charge in [-0.25, -0.2) is 9.50 Å². The summed E-state index contributed by atoms with van der Waals surface area (Å²) in [6.07, 6.45) is 7.13. The molecule has 3 aromatic rings.